The van der Waals surface area contributed by atoms with E-state index < -0.39 is 0 Å². The Kier molecular flexibility index (Phi) is 5.75. The molecule has 0 bridgehead atoms. The molecule has 0 aliphatic rings. The average molecular weight is 400 g/mol. The molecule has 6 nitrogen and oxygen atoms in total. The Hall–Kier alpha value is -3.67. The predicted molar refractivity (Wildman–Crippen MR) is 120 cm³/mol. The Bertz CT molecular complexity index is 1260. The second-order valence-corrected chi connectivity index (χ2v) is 7.31. The maximum atomic E-state index is 13.2. The summed E-state index contributed by atoms with van der Waals surface area (Å²) in [5.74, 6) is 0.268. The number of aromatic nitrogens is 3. The van der Waals surface area contributed by atoms with Crippen LogP contribution in [0.25, 0.3) is 16.7 Å². The van der Waals surface area contributed by atoms with Gasteiger partial charge in [0.1, 0.15) is 5.82 Å². The predicted octanol–water partition coefficient (Wildman–Crippen LogP) is 3.54. The normalized spacial score (nSPS) is 11.1. The molecule has 0 saturated heterocycles. The topological polar surface area (TPSA) is 82.9 Å². The zero-order valence-electron chi connectivity index (χ0n) is 16.7. The summed E-state index contributed by atoms with van der Waals surface area (Å²) < 4.78 is 2.78. The van der Waals surface area contributed by atoms with Crippen molar-refractivity contribution in [1.29, 1.82) is 0 Å². The van der Waals surface area contributed by atoms with Crippen molar-refractivity contribution in [2.24, 2.45) is 0 Å². The summed E-state index contributed by atoms with van der Waals surface area (Å²) in [5, 5.41) is 0.386. The van der Waals surface area contributed by atoms with Gasteiger partial charge in [-0.25, -0.2) is 14.3 Å². The van der Waals surface area contributed by atoms with Crippen LogP contribution in [0.2, 0.25) is 0 Å². The zero-order chi connectivity index (χ0) is 20.9. The molecule has 4 aromatic rings. The molecule has 0 atom stereocenters. The molecule has 30 heavy (non-hydrogen) atoms. The Morgan fingerprint density at radius 1 is 0.800 bits per heavy atom. The van der Waals surface area contributed by atoms with Gasteiger partial charge in [-0.2, -0.15) is 0 Å². The van der Waals surface area contributed by atoms with Crippen molar-refractivity contribution in [3.05, 3.63) is 99.2 Å². The first-order valence-electron chi connectivity index (χ1n) is 10.2. The highest BCUT2D eigenvalue weighted by Crippen LogP contribution is 2.14. The highest BCUT2D eigenvalue weighted by Gasteiger charge is 2.15. The van der Waals surface area contributed by atoms with Crippen molar-refractivity contribution in [3.63, 3.8) is 0 Å². The van der Waals surface area contributed by atoms with Crippen LogP contribution < -0.4 is 17.0 Å². The van der Waals surface area contributed by atoms with Gasteiger partial charge in [0.05, 0.1) is 11.1 Å². The first-order chi connectivity index (χ1) is 14.6. The molecule has 0 aliphatic carbocycles. The lowest BCUT2D eigenvalue weighted by atomic mass is 10.1. The van der Waals surface area contributed by atoms with Crippen molar-refractivity contribution in [2.75, 3.05) is 5.73 Å². The minimum absolute atomic E-state index is 0.268. The minimum Gasteiger partial charge on any atom is -0.384 e. The van der Waals surface area contributed by atoms with Gasteiger partial charge in [-0.3, -0.25) is 9.36 Å². The van der Waals surface area contributed by atoms with Gasteiger partial charge in [-0.05, 0) is 49.1 Å². The van der Waals surface area contributed by atoms with Crippen LogP contribution in [0.15, 0.2) is 82.4 Å². The number of rotatable bonds is 7. The van der Waals surface area contributed by atoms with E-state index in [2.05, 4.69) is 17.1 Å². The number of nitrogen functional groups attached to an aromatic ring is 1. The van der Waals surface area contributed by atoms with Gasteiger partial charge in [0.15, 0.2) is 5.65 Å². The van der Waals surface area contributed by atoms with E-state index in [0.717, 1.165) is 25.7 Å². The number of nitrogens with two attached hydrogens (primary N) is 1. The zero-order valence-corrected chi connectivity index (χ0v) is 16.7. The SMILES string of the molecule is Nc1ccc2c(=O)n(CCCCCc3ccccc3)c(=O)n(-c3ccccc3)c2n1. The number of pyridine rings is 1. The first-order valence-corrected chi connectivity index (χ1v) is 10.2. The Labute approximate surface area is 174 Å². The fourth-order valence-corrected chi connectivity index (χ4v) is 3.67. The van der Waals surface area contributed by atoms with Crippen LogP contribution in [-0.2, 0) is 13.0 Å². The third-order valence-electron chi connectivity index (χ3n) is 5.21. The second kappa shape index (κ2) is 8.78. The van der Waals surface area contributed by atoms with E-state index in [9.17, 15) is 9.59 Å². The van der Waals surface area contributed by atoms with Gasteiger partial charge >= 0.3 is 5.69 Å². The molecule has 2 heterocycles. The van der Waals surface area contributed by atoms with Gasteiger partial charge < -0.3 is 5.73 Å². The fourth-order valence-electron chi connectivity index (χ4n) is 3.67. The highest BCUT2D eigenvalue weighted by atomic mass is 16.2. The number of hydrogen-bond acceptors (Lipinski definition) is 4. The molecule has 6 heteroatoms. The quantitative estimate of drug-likeness (QED) is 0.481. The minimum atomic E-state index is -0.389. The molecule has 0 aliphatic heterocycles. The number of aryl methyl sites for hydroxylation is 1. The molecular weight excluding hydrogens is 376 g/mol. The number of benzene rings is 2. The van der Waals surface area contributed by atoms with Crippen LogP contribution in [0.3, 0.4) is 0 Å². The van der Waals surface area contributed by atoms with Crippen molar-refractivity contribution in [1.82, 2.24) is 14.1 Å². The van der Waals surface area contributed by atoms with E-state index in [0.29, 0.717) is 17.6 Å². The third kappa shape index (κ3) is 4.03. The Balaban J connectivity index is 1.62. The number of anilines is 1. The number of para-hydroxylation sites is 1. The maximum Gasteiger partial charge on any atom is 0.337 e. The van der Waals surface area contributed by atoms with Crippen LogP contribution in [0.5, 0.6) is 0 Å². The molecule has 4 rings (SSSR count). The summed E-state index contributed by atoms with van der Waals surface area (Å²) in [6, 6.07) is 22.8. The molecule has 0 saturated carbocycles. The van der Waals surface area contributed by atoms with Gasteiger partial charge in [0.2, 0.25) is 0 Å². The smallest absolute Gasteiger partial charge is 0.337 e. The van der Waals surface area contributed by atoms with Crippen LogP contribution >= 0.6 is 0 Å². The van der Waals surface area contributed by atoms with E-state index in [1.165, 1.54) is 14.7 Å². The summed E-state index contributed by atoms with van der Waals surface area (Å²) >= 11 is 0. The van der Waals surface area contributed by atoms with Crippen molar-refractivity contribution in [2.45, 2.75) is 32.2 Å². The molecule has 2 aromatic heterocycles. The lowest BCUT2D eigenvalue weighted by Gasteiger charge is -2.14. The van der Waals surface area contributed by atoms with Crippen molar-refractivity contribution in [3.8, 4) is 5.69 Å². The van der Waals surface area contributed by atoms with E-state index in [-0.39, 0.29) is 22.7 Å². The molecule has 2 aromatic carbocycles. The maximum absolute atomic E-state index is 13.2. The molecular formula is C24H24N4O2. The van der Waals surface area contributed by atoms with Gasteiger partial charge in [-0.15, -0.1) is 0 Å². The standard InChI is InChI=1S/C24H24N4O2/c25-21-16-15-20-22(26-21)28(19-13-7-2-8-14-19)24(30)27(23(20)29)17-9-3-6-12-18-10-4-1-5-11-18/h1-2,4-5,7-8,10-11,13-16H,3,6,9,12,17H2,(H2,25,26). The largest absolute Gasteiger partial charge is 0.384 e. The summed E-state index contributed by atoms with van der Waals surface area (Å²) in [4.78, 5) is 30.5. The van der Waals surface area contributed by atoms with Gasteiger partial charge in [0.25, 0.3) is 5.56 Å². The molecule has 152 valence electrons. The van der Waals surface area contributed by atoms with E-state index in [1.54, 1.807) is 12.1 Å². The summed E-state index contributed by atoms with van der Waals surface area (Å²) in [6.45, 7) is 0.375. The van der Waals surface area contributed by atoms with E-state index in [4.69, 9.17) is 5.73 Å². The third-order valence-corrected chi connectivity index (χ3v) is 5.21. The van der Waals surface area contributed by atoms with Gasteiger partial charge in [-0.1, -0.05) is 55.0 Å². The monoisotopic (exact) mass is 400 g/mol. The lowest BCUT2D eigenvalue weighted by molar-refractivity contribution is 0.549. The average Bonchev–Trinajstić information content (AvgIpc) is 2.77. The number of nitrogens with zero attached hydrogens (tertiary/aromatic N) is 3. The van der Waals surface area contributed by atoms with E-state index in [1.807, 2.05) is 48.5 Å². The number of hydrogen-bond donors (Lipinski definition) is 1. The van der Waals surface area contributed by atoms with Crippen LogP contribution in [0.1, 0.15) is 24.8 Å². The summed E-state index contributed by atoms with van der Waals surface area (Å²) in [5.41, 5.74) is 7.37. The molecule has 0 radical (unpaired) electrons. The lowest BCUT2D eigenvalue weighted by Crippen LogP contribution is -2.40. The molecule has 0 spiro atoms. The van der Waals surface area contributed by atoms with Crippen molar-refractivity contribution >= 4 is 16.9 Å². The molecule has 0 unspecified atom stereocenters. The summed E-state index contributed by atoms with van der Waals surface area (Å²) in [6.07, 6.45) is 3.69. The molecule has 2 N–H and O–H groups in total. The second-order valence-electron chi connectivity index (χ2n) is 7.31. The number of unbranched alkanes of at least 4 members (excludes halogenated alkanes) is 2. The van der Waals surface area contributed by atoms with Crippen molar-refractivity contribution < 1.29 is 0 Å². The highest BCUT2D eigenvalue weighted by molar-refractivity contribution is 5.77. The molecule has 0 fully saturated rings. The van der Waals surface area contributed by atoms with E-state index >= 15 is 0 Å². The molecule has 0 amide bonds. The van der Waals surface area contributed by atoms with Gasteiger partial charge in [0, 0.05) is 6.54 Å². The Morgan fingerprint density at radius 3 is 2.23 bits per heavy atom. The van der Waals surface area contributed by atoms with Crippen LogP contribution in [0, 0.1) is 0 Å². The first kappa shape index (κ1) is 19.6. The van der Waals surface area contributed by atoms with Crippen LogP contribution in [-0.4, -0.2) is 14.1 Å². The number of fused-ring (bicyclic) bond motifs is 1. The fraction of sp³-hybridized carbons (Fsp3) is 0.208. The Morgan fingerprint density at radius 2 is 1.50 bits per heavy atom. The summed E-state index contributed by atoms with van der Waals surface area (Å²) in [7, 11) is 0. The van der Waals surface area contributed by atoms with Crippen LogP contribution in [0.4, 0.5) is 5.82 Å².